The lowest BCUT2D eigenvalue weighted by Crippen LogP contribution is -2.06. The zero-order valence-electron chi connectivity index (χ0n) is 10.9. The van der Waals surface area contributed by atoms with Crippen molar-refractivity contribution in [3.8, 4) is 0 Å². The van der Waals surface area contributed by atoms with Crippen LogP contribution in [0.15, 0.2) is 22.8 Å². The van der Waals surface area contributed by atoms with E-state index in [2.05, 4.69) is 20.9 Å². The van der Waals surface area contributed by atoms with Crippen molar-refractivity contribution >= 4 is 44.7 Å². The number of carboxylic acid groups (broad SMARTS) is 2. The summed E-state index contributed by atoms with van der Waals surface area (Å²) in [7, 11) is 1.72. The van der Waals surface area contributed by atoms with Gasteiger partial charge in [0.2, 0.25) is 5.78 Å². The molecule has 8 heteroatoms. The van der Waals surface area contributed by atoms with Crippen molar-refractivity contribution in [2.45, 2.75) is 6.42 Å². The first-order valence-electron chi connectivity index (χ1n) is 6.00. The predicted molar refractivity (Wildman–Crippen MR) is 77.7 cm³/mol. The minimum absolute atomic E-state index is 0.152. The highest BCUT2D eigenvalue weighted by Crippen LogP contribution is 2.28. The van der Waals surface area contributed by atoms with Gasteiger partial charge in [-0.1, -0.05) is 0 Å². The number of rotatable bonds is 3. The maximum Gasteiger partial charge on any atom is 0.335 e. The first-order valence-corrected chi connectivity index (χ1v) is 6.80. The molecule has 0 saturated heterocycles. The van der Waals surface area contributed by atoms with Crippen molar-refractivity contribution in [2.75, 3.05) is 0 Å². The van der Waals surface area contributed by atoms with Crippen molar-refractivity contribution in [3.63, 3.8) is 0 Å². The summed E-state index contributed by atoms with van der Waals surface area (Å²) in [5.74, 6) is -1.42. The summed E-state index contributed by atoms with van der Waals surface area (Å²) >= 11 is 3.38. The zero-order chi connectivity index (χ0) is 15.3. The average molecular weight is 352 g/mol. The molecule has 0 aliphatic heterocycles. The summed E-state index contributed by atoms with van der Waals surface area (Å²) in [6.45, 7) is 0. The van der Waals surface area contributed by atoms with Gasteiger partial charge in [-0.3, -0.25) is 9.20 Å². The third kappa shape index (κ3) is 1.99. The highest BCUT2D eigenvalue weighted by molar-refractivity contribution is 9.10. The molecule has 3 aromatic rings. The van der Waals surface area contributed by atoms with Gasteiger partial charge in [-0.05, 0) is 34.1 Å². The standard InChI is InChI=1S/C13H10BrN3O4/c1-16-9(5-10(18)19)11(14)17-8-4-6(12(20)21)2-3-7(8)15-13(16)17/h2-4H,5H2,1H3,(H,18,19)(H,20,21). The summed E-state index contributed by atoms with van der Waals surface area (Å²) in [5, 5.41) is 18.0. The molecule has 0 spiro atoms. The van der Waals surface area contributed by atoms with Gasteiger partial charge in [-0.2, -0.15) is 0 Å². The van der Waals surface area contributed by atoms with Crippen molar-refractivity contribution in [2.24, 2.45) is 7.05 Å². The van der Waals surface area contributed by atoms with Crippen LogP contribution in [0.4, 0.5) is 0 Å². The Bertz CT molecular complexity index is 909. The number of aryl methyl sites for hydroxylation is 1. The van der Waals surface area contributed by atoms with Crippen LogP contribution in [0, 0.1) is 0 Å². The normalized spacial score (nSPS) is 11.3. The molecule has 21 heavy (non-hydrogen) atoms. The lowest BCUT2D eigenvalue weighted by atomic mass is 10.2. The minimum atomic E-state index is -1.02. The number of aromatic nitrogens is 3. The smallest absolute Gasteiger partial charge is 0.335 e. The Kier molecular flexibility index (Phi) is 2.98. The fraction of sp³-hybridized carbons (Fsp3) is 0.154. The lowest BCUT2D eigenvalue weighted by molar-refractivity contribution is -0.136. The molecule has 1 aromatic carbocycles. The fourth-order valence-electron chi connectivity index (χ4n) is 2.34. The summed E-state index contributed by atoms with van der Waals surface area (Å²) in [6.07, 6.45) is -0.152. The molecule has 0 aliphatic carbocycles. The van der Waals surface area contributed by atoms with Gasteiger partial charge in [0.15, 0.2) is 0 Å². The predicted octanol–water partition coefficient (Wildman–Crippen LogP) is 1.91. The van der Waals surface area contributed by atoms with Gasteiger partial charge in [-0.15, -0.1) is 0 Å². The van der Waals surface area contributed by atoms with E-state index in [1.807, 2.05) is 0 Å². The molecule has 0 radical (unpaired) electrons. The van der Waals surface area contributed by atoms with Crippen LogP contribution >= 0.6 is 15.9 Å². The van der Waals surface area contributed by atoms with Gasteiger partial charge in [0.1, 0.15) is 4.60 Å². The number of carbonyl (C=O) groups is 2. The van der Waals surface area contributed by atoms with Crippen LogP contribution in [0.3, 0.4) is 0 Å². The molecule has 0 aliphatic rings. The second-order valence-electron chi connectivity index (χ2n) is 4.62. The molecule has 0 saturated carbocycles. The maximum atomic E-state index is 11.1. The number of fused-ring (bicyclic) bond motifs is 3. The SMILES string of the molecule is Cn1c(CC(=O)O)c(Br)n2c3cc(C(=O)O)ccc3nc12. The van der Waals surface area contributed by atoms with E-state index in [1.165, 1.54) is 12.1 Å². The molecule has 3 rings (SSSR count). The van der Waals surface area contributed by atoms with E-state index in [0.29, 0.717) is 27.1 Å². The number of imidazole rings is 2. The second kappa shape index (κ2) is 4.59. The topological polar surface area (TPSA) is 96.8 Å². The zero-order valence-corrected chi connectivity index (χ0v) is 12.5. The first-order chi connectivity index (χ1) is 9.90. The largest absolute Gasteiger partial charge is 0.481 e. The molecule has 0 unspecified atom stereocenters. The summed E-state index contributed by atoms with van der Waals surface area (Å²) in [6, 6.07) is 4.64. The van der Waals surface area contributed by atoms with E-state index < -0.39 is 11.9 Å². The number of hydrogen-bond acceptors (Lipinski definition) is 3. The Morgan fingerprint density at radius 2 is 2.05 bits per heavy atom. The lowest BCUT2D eigenvalue weighted by Gasteiger charge is -2.00. The Labute approximate surface area is 126 Å². The Morgan fingerprint density at radius 1 is 1.33 bits per heavy atom. The molecular formula is C13H10BrN3O4. The van der Waals surface area contributed by atoms with E-state index in [9.17, 15) is 9.59 Å². The molecule has 0 atom stereocenters. The monoisotopic (exact) mass is 351 g/mol. The van der Waals surface area contributed by atoms with E-state index >= 15 is 0 Å². The van der Waals surface area contributed by atoms with Crippen LogP contribution < -0.4 is 0 Å². The number of nitrogens with zero attached hydrogens (tertiary/aromatic N) is 3. The number of hydrogen-bond donors (Lipinski definition) is 2. The van der Waals surface area contributed by atoms with Crippen molar-refractivity contribution in [1.82, 2.24) is 14.0 Å². The van der Waals surface area contributed by atoms with E-state index in [-0.39, 0.29) is 12.0 Å². The number of benzene rings is 1. The minimum Gasteiger partial charge on any atom is -0.481 e. The molecule has 0 amide bonds. The van der Waals surface area contributed by atoms with Crippen molar-refractivity contribution in [1.29, 1.82) is 0 Å². The van der Waals surface area contributed by atoms with Gasteiger partial charge in [0, 0.05) is 7.05 Å². The van der Waals surface area contributed by atoms with Gasteiger partial charge >= 0.3 is 11.9 Å². The fourth-order valence-corrected chi connectivity index (χ4v) is 3.09. The average Bonchev–Trinajstić information content (AvgIpc) is 2.90. The Balaban J connectivity index is 2.36. The van der Waals surface area contributed by atoms with Crippen LogP contribution in [0.2, 0.25) is 0 Å². The number of aromatic carboxylic acids is 1. The Hall–Kier alpha value is -2.35. The maximum absolute atomic E-state index is 11.1. The third-order valence-corrected chi connectivity index (χ3v) is 4.15. The van der Waals surface area contributed by atoms with Crippen LogP contribution in [-0.4, -0.2) is 36.1 Å². The van der Waals surface area contributed by atoms with Gasteiger partial charge in [0.05, 0.1) is 28.7 Å². The highest BCUT2D eigenvalue weighted by Gasteiger charge is 2.20. The second-order valence-corrected chi connectivity index (χ2v) is 5.37. The third-order valence-electron chi connectivity index (χ3n) is 3.34. The van der Waals surface area contributed by atoms with E-state index in [0.717, 1.165) is 0 Å². The highest BCUT2D eigenvalue weighted by atomic mass is 79.9. The number of halogens is 1. The summed E-state index contributed by atoms with van der Waals surface area (Å²) in [4.78, 5) is 26.4. The first kappa shape index (κ1) is 13.6. The van der Waals surface area contributed by atoms with E-state index in [1.54, 1.807) is 22.1 Å². The molecule has 2 N–H and O–H groups in total. The van der Waals surface area contributed by atoms with Crippen molar-refractivity contribution < 1.29 is 19.8 Å². The number of carboxylic acids is 2. The van der Waals surface area contributed by atoms with Gasteiger partial charge in [0.25, 0.3) is 0 Å². The number of aliphatic carboxylic acids is 1. The van der Waals surface area contributed by atoms with Crippen LogP contribution in [-0.2, 0) is 18.3 Å². The molecule has 7 nitrogen and oxygen atoms in total. The van der Waals surface area contributed by atoms with Crippen LogP contribution in [0.1, 0.15) is 16.1 Å². The Morgan fingerprint density at radius 3 is 2.67 bits per heavy atom. The van der Waals surface area contributed by atoms with Gasteiger partial charge < -0.3 is 14.8 Å². The molecule has 2 heterocycles. The molecule has 0 fully saturated rings. The van der Waals surface area contributed by atoms with Crippen LogP contribution in [0.5, 0.6) is 0 Å². The molecular weight excluding hydrogens is 342 g/mol. The molecule has 2 aromatic heterocycles. The molecule has 0 bridgehead atoms. The van der Waals surface area contributed by atoms with Gasteiger partial charge in [-0.25, -0.2) is 9.78 Å². The quantitative estimate of drug-likeness (QED) is 0.751. The molecule has 108 valence electrons. The van der Waals surface area contributed by atoms with Crippen molar-refractivity contribution in [3.05, 3.63) is 34.1 Å². The van der Waals surface area contributed by atoms with E-state index in [4.69, 9.17) is 10.2 Å². The summed E-state index contributed by atoms with van der Waals surface area (Å²) < 4.78 is 3.95. The van der Waals surface area contributed by atoms with Crippen LogP contribution in [0.25, 0.3) is 16.8 Å². The summed E-state index contributed by atoms with van der Waals surface area (Å²) in [5.41, 5.74) is 1.98.